The van der Waals surface area contributed by atoms with Crippen molar-refractivity contribution in [2.45, 2.75) is 45.2 Å². The van der Waals surface area contributed by atoms with Gasteiger partial charge in [-0.3, -0.25) is 10.1 Å². The molecule has 2 unspecified atom stereocenters. The molecule has 0 bridgehead atoms. The van der Waals surface area contributed by atoms with E-state index >= 15 is 0 Å². The van der Waals surface area contributed by atoms with Crippen molar-refractivity contribution in [2.24, 2.45) is 7.05 Å². The average molecular weight is 267 g/mol. The van der Waals surface area contributed by atoms with Crippen molar-refractivity contribution in [3.8, 4) is 0 Å². The molecule has 106 valence electrons. The van der Waals surface area contributed by atoms with E-state index in [4.69, 9.17) is 0 Å². The van der Waals surface area contributed by atoms with Crippen LogP contribution in [-0.4, -0.2) is 33.3 Å². The maximum Gasteiger partial charge on any atom is 0.333 e. The zero-order valence-corrected chi connectivity index (χ0v) is 11.6. The molecular weight excluding hydrogens is 246 g/mol. The van der Waals surface area contributed by atoms with Crippen molar-refractivity contribution >= 4 is 11.5 Å². The molecule has 1 aliphatic heterocycles. The van der Waals surface area contributed by atoms with Gasteiger partial charge in [-0.1, -0.05) is 6.92 Å². The molecule has 1 fully saturated rings. The number of piperidine rings is 1. The summed E-state index contributed by atoms with van der Waals surface area (Å²) in [4.78, 5) is 10.9. The van der Waals surface area contributed by atoms with Gasteiger partial charge in [0, 0.05) is 19.1 Å². The zero-order valence-electron chi connectivity index (χ0n) is 11.6. The number of nitrogens with one attached hydrogen (secondary N) is 2. The molecule has 0 aliphatic carbocycles. The standard InChI is InChI=1S/C12H21N5O2/c1-4-9-11(17(18)19)12(16(3)15-9)14-10-6-5-7-13-8(10)2/h8,10,13-14H,4-7H2,1-3H3. The van der Waals surface area contributed by atoms with Crippen molar-refractivity contribution in [1.82, 2.24) is 15.1 Å². The molecule has 0 saturated carbocycles. The first kappa shape index (κ1) is 13.8. The maximum absolute atomic E-state index is 11.2. The third-order valence-corrected chi connectivity index (χ3v) is 3.69. The van der Waals surface area contributed by atoms with Crippen molar-refractivity contribution in [1.29, 1.82) is 0 Å². The highest BCUT2D eigenvalue weighted by Crippen LogP contribution is 2.30. The van der Waals surface area contributed by atoms with Crippen molar-refractivity contribution in [2.75, 3.05) is 11.9 Å². The highest BCUT2D eigenvalue weighted by Gasteiger charge is 2.29. The number of nitrogens with zero attached hydrogens (tertiary/aromatic N) is 3. The number of aryl methyl sites for hydroxylation is 2. The van der Waals surface area contributed by atoms with Crippen LogP contribution in [0.25, 0.3) is 0 Å². The monoisotopic (exact) mass is 267 g/mol. The van der Waals surface area contributed by atoms with Crippen LogP contribution in [0.1, 0.15) is 32.4 Å². The van der Waals surface area contributed by atoms with E-state index in [1.54, 1.807) is 11.7 Å². The number of hydrogen-bond acceptors (Lipinski definition) is 5. The lowest BCUT2D eigenvalue weighted by Gasteiger charge is -2.30. The summed E-state index contributed by atoms with van der Waals surface area (Å²) in [5.41, 5.74) is 0.647. The van der Waals surface area contributed by atoms with Gasteiger partial charge in [0.15, 0.2) is 0 Å². The summed E-state index contributed by atoms with van der Waals surface area (Å²) < 4.78 is 1.58. The molecule has 0 aromatic carbocycles. The second-order valence-electron chi connectivity index (χ2n) is 5.01. The summed E-state index contributed by atoms with van der Waals surface area (Å²) in [7, 11) is 1.75. The molecule has 2 atom stereocenters. The Morgan fingerprint density at radius 1 is 1.63 bits per heavy atom. The fourth-order valence-corrected chi connectivity index (χ4v) is 2.58. The molecule has 0 spiro atoms. The number of anilines is 1. The Morgan fingerprint density at radius 3 is 2.95 bits per heavy atom. The molecule has 2 N–H and O–H groups in total. The Kier molecular flexibility index (Phi) is 4.04. The molecule has 0 amide bonds. The van der Waals surface area contributed by atoms with E-state index in [1.165, 1.54) is 0 Å². The minimum atomic E-state index is -0.338. The van der Waals surface area contributed by atoms with Gasteiger partial charge in [0.2, 0.25) is 5.82 Å². The molecule has 1 aromatic rings. The second kappa shape index (κ2) is 5.56. The predicted molar refractivity (Wildman–Crippen MR) is 73.3 cm³/mol. The quantitative estimate of drug-likeness (QED) is 0.637. The lowest BCUT2D eigenvalue weighted by molar-refractivity contribution is -0.384. The van der Waals surface area contributed by atoms with Crippen LogP contribution in [0.3, 0.4) is 0 Å². The number of hydrogen-bond donors (Lipinski definition) is 2. The lowest BCUT2D eigenvalue weighted by atomic mass is 10.00. The van der Waals surface area contributed by atoms with Crippen molar-refractivity contribution in [3.63, 3.8) is 0 Å². The van der Waals surface area contributed by atoms with E-state index in [9.17, 15) is 10.1 Å². The van der Waals surface area contributed by atoms with Gasteiger partial charge in [-0.05, 0) is 32.7 Å². The van der Waals surface area contributed by atoms with Gasteiger partial charge in [-0.15, -0.1) is 0 Å². The topological polar surface area (TPSA) is 85.0 Å². The van der Waals surface area contributed by atoms with Gasteiger partial charge in [0.25, 0.3) is 0 Å². The summed E-state index contributed by atoms with van der Waals surface area (Å²) in [6.45, 7) is 4.98. The summed E-state index contributed by atoms with van der Waals surface area (Å²) in [6, 6.07) is 0.501. The normalized spacial score (nSPS) is 23.3. The molecule has 1 saturated heterocycles. The molecule has 0 radical (unpaired) electrons. The Balaban J connectivity index is 2.28. The van der Waals surface area contributed by atoms with E-state index in [2.05, 4.69) is 22.7 Å². The molecule has 2 heterocycles. The first-order chi connectivity index (χ1) is 9.04. The first-order valence-electron chi connectivity index (χ1n) is 6.74. The fraction of sp³-hybridized carbons (Fsp3) is 0.750. The largest absolute Gasteiger partial charge is 0.360 e. The van der Waals surface area contributed by atoms with Gasteiger partial charge >= 0.3 is 5.69 Å². The Labute approximate surface area is 112 Å². The SMILES string of the molecule is CCc1nn(C)c(NC2CCCNC2C)c1[N+](=O)[O-]. The molecule has 1 aromatic heterocycles. The third-order valence-electron chi connectivity index (χ3n) is 3.69. The van der Waals surface area contributed by atoms with E-state index in [-0.39, 0.29) is 16.7 Å². The van der Waals surface area contributed by atoms with Crippen molar-refractivity contribution < 1.29 is 4.92 Å². The third kappa shape index (κ3) is 2.70. The van der Waals surface area contributed by atoms with E-state index in [1.807, 2.05) is 6.92 Å². The van der Waals surface area contributed by atoms with Crippen molar-refractivity contribution in [3.05, 3.63) is 15.8 Å². The van der Waals surface area contributed by atoms with Gasteiger partial charge in [-0.2, -0.15) is 5.10 Å². The fourth-order valence-electron chi connectivity index (χ4n) is 2.58. The number of aromatic nitrogens is 2. The summed E-state index contributed by atoms with van der Waals surface area (Å²) in [6.07, 6.45) is 2.65. The summed E-state index contributed by atoms with van der Waals surface area (Å²) in [5, 5.41) is 22.1. The van der Waals surface area contributed by atoms with E-state index in [0.29, 0.717) is 24.0 Å². The van der Waals surface area contributed by atoms with Gasteiger partial charge in [0.1, 0.15) is 5.69 Å². The van der Waals surface area contributed by atoms with Crippen LogP contribution in [0.15, 0.2) is 0 Å². The van der Waals surface area contributed by atoms with Crippen LogP contribution in [0.5, 0.6) is 0 Å². The lowest BCUT2D eigenvalue weighted by Crippen LogP contribution is -2.46. The molecular formula is C12H21N5O2. The maximum atomic E-state index is 11.2. The predicted octanol–water partition coefficient (Wildman–Crippen LogP) is 1.44. The Bertz CT molecular complexity index is 471. The molecule has 1 aliphatic rings. The smallest absolute Gasteiger partial charge is 0.333 e. The van der Waals surface area contributed by atoms with Crippen LogP contribution in [0.4, 0.5) is 11.5 Å². The van der Waals surface area contributed by atoms with Gasteiger partial charge in [-0.25, -0.2) is 4.68 Å². The Hall–Kier alpha value is -1.63. The molecule has 2 rings (SSSR count). The van der Waals surface area contributed by atoms with Crippen LogP contribution in [-0.2, 0) is 13.5 Å². The van der Waals surface area contributed by atoms with E-state index < -0.39 is 0 Å². The first-order valence-corrected chi connectivity index (χ1v) is 6.74. The second-order valence-corrected chi connectivity index (χ2v) is 5.01. The molecule has 7 nitrogen and oxygen atoms in total. The minimum absolute atomic E-state index is 0.114. The average Bonchev–Trinajstić information content (AvgIpc) is 2.69. The molecule has 7 heteroatoms. The van der Waals surface area contributed by atoms with Crippen LogP contribution in [0, 0.1) is 10.1 Å². The minimum Gasteiger partial charge on any atom is -0.360 e. The highest BCUT2D eigenvalue weighted by molar-refractivity contribution is 5.60. The number of nitro groups is 1. The number of rotatable bonds is 4. The van der Waals surface area contributed by atoms with Crippen LogP contribution in [0.2, 0.25) is 0 Å². The van der Waals surface area contributed by atoms with Crippen LogP contribution >= 0.6 is 0 Å². The molecule has 19 heavy (non-hydrogen) atoms. The Morgan fingerprint density at radius 2 is 2.37 bits per heavy atom. The van der Waals surface area contributed by atoms with Gasteiger partial charge < -0.3 is 10.6 Å². The van der Waals surface area contributed by atoms with E-state index in [0.717, 1.165) is 19.4 Å². The summed E-state index contributed by atoms with van der Waals surface area (Å²) in [5.74, 6) is 0.516. The highest BCUT2D eigenvalue weighted by atomic mass is 16.6. The van der Waals surface area contributed by atoms with Gasteiger partial charge in [0.05, 0.1) is 4.92 Å². The summed E-state index contributed by atoms with van der Waals surface area (Å²) >= 11 is 0. The zero-order chi connectivity index (χ0) is 14.0. The van der Waals surface area contributed by atoms with Crippen LogP contribution < -0.4 is 10.6 Å².